The molecule has 29 heavy (non-hydrogen) atoms. The zero-order chi connectivity index (χ0) is 20.3. The van der Waals surface area contributed by atoms with Crippen molar-refractivity contribution >= 4 is 5.96 Å². The predicted molar refractivity (Wildman–Crippen MR) is 121 cm³/mol. The van der Waals surface area contributed by atoms with Crippen LogP contribution in [0.5, 0.6) is 0 Å². The maximum Gasteiger partial charge on any atom is 0.191 e. The van der Waals surface area contributed by atoms with Gasteiger partial charge in [-0.3, -0.25) is 4.99 Å². The Bertz CT molecular complexity index is 464. The van der Waals surface area contributed by atoms with E-state index < -0.39 is 0 Å². The van der Waals surface area contributed by atoms with Crippen molar-refractivity contribution < 1.29 is 5.11 Å². The maximum atomic E-state index is 9.62. The average Bonchev–Trinajstić information content (AvgIpc) is 2.75. The Labute approximate surface area is 178 Å². The Kier molecular flexibility index (Phi) is 10.0. The lowest BCUT2D eigenvalue weighted by molar-refractivity contribution is 0.0824. The monoisotopic (exact) mass is 407 g/mol. The minimum Gasteiger partial charge on any atom is -0.393 e. The fourth-order valence-corrected chi connectivity index (χ4v) is 5.14. The summed E-state index contributed by atoms with van der Waals surface area (Å²) in [7, 11) is 0. The van der Waals surface area contributed by atoms with Crippen molar-refractivity contribution in [1.29, 1.82) is 0 Å². The van der Waals surface area contributed by atoms with Gasteiger partial charge in [0.15, 0.2) is 5.96 Å². The molecule has 0 aromatic rings. The van der Waals surface area contributed by atoms with E-state index in [0.717, 1.165) is 63.9 Å². The summed E-state index contributed by atoms with van der Waals surface area (Å²) in [5.74, 6) is 1.95. The highest BCUT2D eigenvalue weighted by Crippen LogP contribution is 2.25. The van der Waals surface area contributed by atoms with Gasteiger partial charge in [0.1, 0.15) is 0 Å². The smallest absolute Gasteiger partial charge is 0.191 e. The Hall–Kier alpha value is -0.850. The van der Waals surface area contributed by atoms with Crippen molar-refractivity contribution in [2.75, 3.05) is 52.4 Å². The van der Waals surface area contributed by atoms with Gasteiger partial charge in [-0.25, -0.2) is 0 Å². The lowest BCUT2D eigenvalue weighted by Crippen LogP contribution is -2.49. The van der Waals surface area contributed by atoms with Crippen LogP contribution in [-0.4, -0.2) is 85.4 Å². The number of nitrogens with one attached hydrogen (secondary N) is 2. The molecule has 2 heterocycles. The zero-order valence-corrected chi connectivity index (χ0v) is 18.7. The quantitative estimate of drug-likeness (QED) is 0.328. The SMILES string of the molecule is CCNC(=NCCCN1CCC(O)CC1)NC1CCN(CC2CCCCC2)CC1. The van der Waals surface area contributed by atoms with E-state index in [2.05, 4.69) is 27.4 Å². The summed E-state index contributed by atoms with van der Waals surface area (Å²) in [5, 5.41) is 16.7. The first-order valence-corrected chi connectivity index (χ1v) is 12.4. The van der Waals surface area contributed by atoms with Gasteiger partial charge in [0, 0.05) is 51.9 Å². The molecule has 0 atom stereocenters. The maximum absolute atomic E-state index is 9.62. The van der Waals surface area contributed by atoms with Crippen LogP contribution in [0, 0.1) is 5.92 Å². The van der Waals surface area contributed by atoms with Crippen LogP contribution < -0.4 is 10.6 Å². The third-order valence-electron chi connectivity index (χ3n) is 6.97. The van der Waals surface area contributed by atoms with Crippen molar-refractivity contribution in [2.24, 2.45) is 10.9 Å². The topological polar surface area (TPSA) is 63.1 Å². The normalized spacial score (nSPS) is 24.7. The number of hydrogen-bond acceptors (Lipinski definition) is 4. The Morgan fingerprint density at radius 1 is 0.931 bits per heavy atom. The molecule has 0 amide bonds. The third-order valence-corrected chi connectivity index (χ3v) is 6.97. The molecule has 2 saturated heterocycles. The predicted octanol–water partition coefficient (Wildman–Crippen LogP) is 2.43. The van der Waals surface area contributed by atoms with Crippen LogP contribution in [0.3, 0.4) is 0 Å². The van der Waals surface area contributed by atoms with Gasteiger partial charge in [0.05, 0.1) is 6.10 Å². The van der Waals surface area contributed by atoms with Crippen LogP contribution in [0.4, 0.5) is 0 Å². The van der Waals surface area contributed by atoms with Gasteiger partial charge in [0.25, 0.3) is 0 Å². The van der Waals surface area contributed by atoms with E-state index in [1.165, 1.54) is 64.6 Å². The second kappa shape index (κ2) is 12.8. The molecule has 3 aliphatic rings. The van der Waals surface area contributed by atoms with Crippen molar-refractivity contribution in [3.63, 3.8) is 0 Å². The summed E-state index contributed by atoms with van der Waals surface area (Å²) in [4.78, 5) is 9.99. The highest BCUT2D eigenvalue weighted by molar-refractivity contribution is 5.80. The second-order valence-electron chi connectivity index (χ2n) is 9.41. The first-order valence-electron chi connectivity index (χ1n) is 12.4. The van der Waals surface area contributed by atoms with Gasteiger partial charge in [-0.1, -0.05) is 19.3 Å². The molecule has 0 aromatic heterocycles. The molecule has 0 radical (unpaired) electrons. The minimum atomic E-state index is -0.0806. The number of nitrogens with zero attached hydrogens (tertiary/aromatic N) is 3. The third kappa shape index (κ3) is 8.42. The summed E-state index contributed by atoms with van der Waals surface area (Å²) in [6.07, 6.45) is 12.6. The van der Waals surface area contributed by atoms with Gasteiger partial charge >= 0.3 is 0 Å². The summed E-state index contributed by atoms with van der Waals surface area (Å²) < 4.78 is 0. The van der Waals surface area contributed by atoms with Crippen LogP contribution in [0.15, 0.2) is 4.99 Å². The summed E-state index contributed by atoms with van der Waals surface area (Å²) >= 11 is 0. The molecular weight excluding hydrogens is 362 g/mol. The molecule has 6 heteroatoms. The standard InChI is InChI=1S/C23H45N5O/c1-2-24-23(25-13-6-14-27-17-11-22(29)12-18-27)26-21-9-15-28(16-10-21)19-20-7-4-3-5-8-20/h20-22,29H,2-19H2,1H3,(H2,24,25,26). The zero-order valence-electron chi connectivity index (χ0n) is 18.7. The molecule has 0 aromatic carbocycles. The van der Waals surface area contributed by atoms with Crippen molar-refractivity contribution in [3.05, 3.63) is 0 Å². The lowest BCUT2D eigenvalue weighted by atomic mass is 9.88. The van der Waals surface area contributed by atoms with Gasteiger partial charge in [-0.15, -0.1) is 0 Å². The number of hydrogen-bond donors (Lipinski definition) is 3. The molecule has 6 nitrogen and oxygen atoms in total. The van der Waals surface area contributed by atoms with Crippen LogP contribution >= 0.6 is 0 Å². The van der Waals surface area contributed by atoms with E-state index in [4.69, 9.17) is 4.99 Å². The Balaban J connectivity index is 1.32. The molecule has 0 bridgehead atoms. The van der Waals surface area contributed by atoms with Gasteiger partial charge < -0.3 is 25.5 Å². The number of aliphatic imine (C=N–C) groups is 1. The van der Waals surface area contributed by atoms with Gasteiger partial charge in [0.2, 0.25) is 0 Å². The van der Waals surface area contributed by atoms with E-state index in [9.17, 15) is 5.11 Å². The molecule has 3 fully saturated rings. The summed E-state index contributed by atoms with van der Waals surface area (Å²) in [6, 6.07) is 0.555. The van der Waals surface area contributed by atoms with E-state index in [0.29, 0.717) is 6.04 Å². The molecule has 0 unspecified atom stereocenters. The van der Waals surface area contributed by atoms with Gasteiger partial charge in [-0.05, 0) is 64.3 Å². The van der Waals surface area contributed by atoms with Crippen LogP contribution in [0.1, 0.15) is 71.1 Å². The highest BCUT2D eigenvalue weighted by Gasteiger charge is 2.23. The van der Waals surface area contributed by atoms with Crippen molar-refractivity contribution in [1.82, 2.24) is 20.4 Å². The van der Waals surface area contributed by atoms with E-state index in [1.807, 2.05) is 0 Å². The van der Waals surface area contributed by atoms with E-state index in [-0.39, 0.29) is 6.10 Å². The number of rotatable bonds is 8. The fourth-order valence-electron chi connectivity index (χ4n) is 5.14. The molecule has 0 spiro atoms. The molecule has 3 rings (SSSR count). The summed E-state index contributed by atoms with van der Waals surface area (Å²) in [5.41, 5.74) is 0. The molecule has 3 N–H and O–H groups in total. The number of piperidine rings is 2. The minimum absolute atomic E-state index is 0.0806. The van der Waals surface area contributed by atoms with Crippen LogP contribution in [0.25, 0.3) is 0 Å². The molecular formula is C23H45N5O. The van der Waals surface area contributed by atoms with Crippen molar-refractivity contribution in [3.8, 4) is 0 Å². The number of guanidine groups is 1. The van der Waals surface area contributed by atoms with Crippen molar-refractivity contribution in [2.45, 2.75) is 83.3 Å². The Morgan fingerprint density at radius 3 is 2.31 bits per heavy atom. The number of likely N-dealkylation sites (tertiary alicyclic amines) is 2. The van der Waals surface area contributed by atoms with Crippen LogP contribution in [0.2, 0.25) is 0 Å². The molecule has 168 valence electrons. The first kappa shape index (κ1) is 22.8. The molecule has 1 aliphatic carbocycles. The first-order chi connectivity index (χ1) is 14.2. The Morgan fingerprint density at radius 2 is 1.62 bits per heavy atom. The number of aliphatic hydroxyl groups is 1. The van der Waals surface area contributed by atoms with Crippen LogP contribution in [-0.2, 0) is 0 Å². The number of aliphatic hydroxyl groups excluding tert-OH is 1. The second-order valence-corrected chi connectivity index (χ2v) is 9.41. The molecule has 1 saturated carbocycles. The highest BCUT2D eigenvalue weighted by atomic mass is 16.3. The van der Waals surface area contributed by atoms with E-state index in [1.54, 1.807) is 0 Å². The summed E-state index contributed by atoms with van der Waals surface area (Å²) in [6.45, 7) is 10.9. The largest absolute Gasteiger partial charge is 0.393 e. The average molecular weight is 408 g/mol. The van der Waals surface area contributed by atoms with E-state index >= 15 is 0 Å². The lowest BCUT2D eigenvalue weighted by Gasteiger charge is -2.36. The fraction of sp³-hybridized carbons (Fsp3) is 0.957. The van der Waals surface area contributed by atoms with Gasteiger partial charge in [-0.2, -0.15) is 0 Å². The molecule has 2 aliphatic heterocycles.